The highest BCUT2D eigenvalue weighted by molar-refractivity contribution is 6.29. The van der Waals surface area contributed by atoms with E-state index in [0.29, 0.717) is 28.2 Å². The van der Waals surface area contributed by atoms with E-state index in [0.717, 1.165) is 5.56 Å². The van der Waals surface area contributed by atoms with Gasteiger partial charge in [-0.2, -0.15) is 0 Å². The van der Waals surface area contributed by atoms with Crippen molar-refractivity contribution in [1.82, 2.24) is 25.3 Å². The highest BCUT2D eigenvalue weighted by atomic mass is 35.5. The van der Waals surface area contributed by atoms with E-state index in [1.807, 2.05) is 6.92 Å². The molecule has 0 spiro atoms. The predicted octanol–water partition coefficient (Wildman–Crippen LogP) is 2.46. The lowest BCUT2D eigenvalue weighted by Crippen LogP contribution is -2.00. The van der Waals surface area contributed by atoms with Crippen LogP contribution in [0.4, 0.5) is 0 Å². The highest BCUT2D eigenvalue weighted by Gasteiger charge is 2.16. The minimum absolute atomic E-state index is 0.241. The number of ether oxygens (including phenoxy) is 1. The maximum absolute atomic E-state index is 5.67. The van der Waals surface area contributed by atoms with Crippen LogP contribution in [0.5, 0.6) is 5.88 Å². The zero-order valence-electron chi connectivity index (χ0n) is 11.0. The van der Waals surface area contributed by atoms with Crippen LogP contribution in [0.25, 0.3) is 11.4 Å². The van der Waals surface area contributed by atoms with Crippen molar-refractivity contribution < 1.29 is 9.26 Å². The van der Waals surface area contributed by atoms with Crippen LogP contribution in [0, 0.1) is 6.92 Å². The van der Waals surface area contributed by atoms with Crippen LogP contribution in [0.15, 0.2) is 35.2 Å². The average molecular weight is 304 g/mol. The van der Waals surface area contributed by atoms with E-state index in [1.54, 1.807) is 24.4 Å². The second-order valence-corrected chi connectivity index (χ2v) is 4.53. The molecule has 3 aromatic rings. The van der Waals surface area contributed by atoms with Gasteiger partial charge in [0.1, 0.15) is 24.4 Å². The molecule has 21 heavy (non-hydrogen) atoms. The summed E-state index contributed by atoms with van der Waals surface area (Å²) in [5.41, 5.74) is 2.09. The van der Waals surface area contributed by atoms with Crippen molar-refractivity contribution in [3.63, 3.8) is 0 Å². The quantitative estimate of drug-likeness (QED) is 0.731. The molecule has 0 saturated carbocycles. The van der Waals surface area contributed by atoms with Crippen LogP contribution in [0.3, 0.4) is 0 Å². The van der Waals surface area contributed by atoms with Crippen molar-refractivity contribution in [1.29, 1.82) is 0 Å². The number of halogens is 1. The molecule has 106 valence electrons. The fourth-order valence-corrected chi connectivity index (χ4v) is 1.82. The van der Waals surface area contributed by atoms with Gasteiger partial charge in [0.25, 0.3) is 0 Å². The Kier molecular flexibility index (Phi) is 3.74. The van der Waals surface area contributed by atoms with E-state index < -0.39 is 0 Å². The molecule has 0 atom stereocenters. The molecule has 0 N–H and O–H groups in total. The molecule has 8 heteroatoms. The van der Waals surface area contributed by atoms with Gasteiger partial charge in [0.05, 0.1) is 11.3 Å². The summed E-state index contributed by atoms with van der Waals surface area (Å²) in [5.74, 6) is 1.03. The van der Waals surface area contributed by atoms with Crippen LogP contribution in [0.1, 0.15) is 11.3 Å². The summed E-state index contributed by atoms with van der Waals surface area (Å²) in [7, 11) is 0. The van der Waals surface area contributed by atoms with E-state index in [-0.39, 0.29) is 6.61 Å². The Labute approximate surface area is 125 Å². The largest absolute Gasteiger partial charge is 0.472 e. The van der Waals surface area contributed by atoms with Gasteiger partial charge in [-0.15, -0.1) is 10.2 Å². The number of rotatable bonds is 4. The van der Waals surface area contributed by atoms with Gasteiger partial charge >= 0.3 is 0 Å². The molecule has 0 fully saturated rings. The molecule has 0 radical (unpaired) electrons. The second-order valence-electron chi connectivity index (χ2n) is 4.14. The van der Waals surface area contributed by atoms with E-state index in [2.05, 4.69) is 25.3 Å². The monoisotopic (exact) mass is 303 g/mol. The minimum Gasteiger partial charge on any atom is -0.472 e. The number of hydrogen-bond donors (Lipinski definition) is 0. The normalized spacial score (nSPS) is 10.6. The summed E-state index contributed by atoms with van der Waals surface area (Å²) in [6.07, 6.45) is 3.09. The molecule has 3 aromatic heterocycles. The predicted molar refractivity (Wildman–Crippen MR) is 73.6 cm³/mol. The number of aryl methyl sites for hydroxylation is 1. The Morgan fingerprint density at radius 1 is 1.24 bits per heavy atom. The van der Waals surface area contributed by atoms with Crippen LogP contribution < -0.4 is 4.74 Å². The molecule has 7 nitrogen and oxygen atoms in total. The summed E-state index contributed by atoms with van der Waals surface area (Å²) < 4.78 is 10.8. The average Bonchev–Trinajstić information content (AvgIpc) is 2.89. The first-order valence-corrected chi connectivity index (χ1v) is 6.45. The molecule has 0 bridgehead atoms. The summed E-state index contributed by atoms with van der Waals surface area (Å²) in [6, 6.07) is 5.00. The molecule has 0 saturated heterocycles. The van der Waals surface area contributed by atoms with Crippen molar-refractivity contribution >= 4 is 11.6 Å². The van der Waals surface area contributed by atoms with Gasteiger partial charge < -0.3 is 9.26 Å². The molecule has 0 aliphatic rings. The molecule has 0 amide bonds. The lowest BCUT2D eigenvalue weighted by molar-refractivity contribution is 0.287. The van der Waals surface area contributed by atoms with Gasteiger partial charge in [-0.3, -0.25) is 0 Å². The fourth-order valence-electron chi connectivity index (χ4n) is 1.72. The summed E-state index contributed by atoms with van der Waals surface area (Å²) in [5, 5.41) is 11.9. The smallest absolute Gasteiger partial charge is 0.233 e. The van der Waals surface area contributed by atoms with Crippen molar-refractivity contribution in [3.8, 4) is 17.3 Å². The first-order chi connectivity index (χ1) is 10.2. The van der Waals surface area contributed by atoms with Crippen molar-refractivity contribution in [2.45, 2.75) is 13.5 Å². The van der Waals surface area contributed by atoms with Gasteiger partial charge in [-0.1, -0.05) is 16.8 Å². The summed E-state index contributed by atoms with van der Waals surface area (Å²) >= 11 is 5.67. The maximum atomic E-state index is 5.67. The van der Waals surface area contributed by atoms with Gasteiger partial charge in [0.15, 0.2) is 5.15 Å². The van der Waals surface area contributed by atoms with Crippen LogP contribution >= 0.6 is 11.6 Å². The molecule has 0 aliphatic carbocycles. The lowest BCUT2D eigenvalue weighted by atomic mass is 10.1. The first-order valence-electron chi connectivity index (χ1n) is 6.07. The van der Waals surface area contributed by atoms with Crippen molar-refractivity contribution in [2.75, 3.05) is 0 Å². The van der Waals surface area contributed by atoms with Gasteiger partial charge in [-0.05, 0) is 19.1 Å². The molecular weight excluding hydrogens is 294 g/mol. The SMILES string of the molecule is Cc1onc(-c2ccncn2)c1COc1ccc(Cl)nn1. The summed E-state index contributed by atoms with van der Waals surface area (Å²) in [4.78, 5) is 8.03. The second kappa shape index (κ2) is 5.84. The maximum Gasteiger partial charge on any atom is 0.233 e. The van der Waals surface area contributed by atoms with Gasteiger partial charge in [-0.25, -0.2) is 9.97 Å². The third kappa shape index (κ3) is 2.97. The van der Waals surface area contributed by atoms with E-state index in [9.17, 15) is 0 Å². The van der Waals surface area contributed by atoms with Crippen molar-refractivity contribution in [2.24, 2.45) is 0 Å². The van der Waals surface area contributed by atoms with Gasteiger partial charge in [0.2, 0.25) is 5.88 Å². The molecule has 0 aromatic carbocycles. The number of nitrogens with zero attached hydrogens (tertiary/aromatic N) is 5. The lowest BCUT2D eigenvalue weighted by Gasteiger charge is -2.04. The molecule has 3 rings (SSSR count). The standard InChI is InChI=1S/C13H10ClN5O2/c1-8-9(6-20-12-3-2-11(14)17-18-12)13(19-21-8)10-4-5-15-7-16-10/h2-5,7H,6H2,1H3. The topological polar surface area (TPSA) is 86.8 Å². The Bertz CT molecular complexity index is 730. The Balaban J connectivity index is 1.82. The fraction of sp³-hybridized carbons (Fsp3) is 0.154. The van der Waals surface area contributed by atoms with Crippen molar-refractivity contribution in [3.05, 3.63) is 47.2 Å². The number of aromatic nitrogens is 5. The Morgan fingerprint density at radius 3 is 2.86 bits per heavy atom. The van der Waals surface area contributed by atoms with Crippen LogP contribution in [0.2, 0.25) is 5.15 Å². The third-order valence-corrected chi connectivity index (χ3v) is 2.98. The highest BCUT2D eigenvalue weighted by Crippen LogP contribution is 2.24. The van der Waals surface area contributed by atoms with E-state index in [1.165, 1.54) is 6.33 Å². The van der Waals surface area contributed by atoms with E-state index in [4.69, 9.17) is 20.9 Å². The molecular formula is C13H10ClN5O2. The van der Waals surface area contributed by atoms with Crippen LogP contribution in [-0.4, -0.2) is 25.3 Å². The number of hydrogen-bond acceptors (Lipinski definition) is 7. The Morgan fingerprint density at radius 2 is 2.14 bits per heavy atom. The van der Waals surface area contributed by atoms with E-state index >= 15 is 0 Å². The molecule has 0 unspecified atom stereocenters. The minimum atomic E-state index is 0.241. The third-order valence-electron chi connectivity index (χ3n) is 2.78. The molecule has 0 aliphatic heterocycles. The zero-order valence-corrected chi connectivity index (χ0v) is 11.8. The first kappa shape index (κ1) is 13.4. The Hall–Kier alpha value is -2.54. The zero-order chi connectivity index (χ0) is 14.7. The van der Waals surface area contributed by atoms with Gasteiger partial charge in [0, 0.05) is 12.3 Å². The van der Waals surface area contributed by atoms with Crippen LogP contribution in [-0.2, 0) is 6.61 Å². The molecule has 3 heterocycles. The summed E-state index contributed by atoms with van der Waals surface area (Å²) in [6.45, 7) is 2.05.